The molecule has 6 fully saturated rings. The molecule has 31 nitrogen and oxygen atoms in total. The van der Waals surface area contributed by atoms with Crippen LogP contribution in [-0.2, 0) is 103 Å². The summed E-state index contributed by atoms with van der Waals surface area (Å²) in [6, 6.07) is 6.27. The van der Waals surface area contributed by atoms with Crippen molar-refractivity contribution in [2.24, 2.45) is 17.0 Å². The largest absolute Gasteiger partial charge is 0.479 e. The number of benzene rings is 2. The number of rotatable bonds is 9. The SMILES string of the molecule is CC(C)(C)OC(=O)N[C@H]1CCCOC/C=C\[C@@H]2C[C@@]2(C(=O)NS(=O)(=O)C2CC2)NC(=O)[C@@H]2C[C@@H](OC(=O)N3Cc4cccc(Cl)c4C3)CN2C1=O.CC(C)(C)OC(=O)N[C@H]1CCCOC/C=C\[C@@H]2C[C@@]2(C(=O)O)NC(=O)[C@@H]2C[C@@H](OC(=O)N3Cc4cccc(Cl)c4C3)CN2C1=O.NS(=O)(=O)C1CC1. The molecule has 0 aromatic heterocycles. The number of sulfonamides is 2. The number of fused-ring (bicyclic) bond motifs is 6. The Hall–Kier alpha value is -7.82. The van der Waals surface area contributed by atoms with Gasteiger partial charge < -0.3 is 64.6 Å². The van der Waals surface area contributed by atoms with Gasteiger partial charge in [0.05, 0.1) is 49.9 Å². The number of alkyl carbamates (subject to hydrolysis) is 2. The Labute approximate surface area is 607 Å². The number of hydrogen-bond acceptors (Lipinski definition) is 20. The number of carboxylic acid groups (broad SMARTS) is 1. The Kier molecular flexibility index (Phi) is 23.8. The number of ether oxygens (including phenoxy) is 6. The van der Waals surface area contributed by atoms with E-state index in [9.17, 15) is 69.9 Å². The standard InChI is InChI=1S/C34H44ClN5O10S.C31H39ClN4O9.C3H7NO2S/c1-33(2,3)50-31(44)36-26-10-6-14-48-13-5-8-21-16-34(21,30(43)38-51(46,47)23-11-12-23)37-28(41)27-15-22(18-40(27)29(26)42)49-32(45)39-17-20-7-4-9-25(35)24(20)19-39;1-30(2,3)45-28(41)33-23-10-6-12-43-11-5-8-19-14-31(19,27(39)40)34-25(37)24-13-20(16-36(24)26(23)38)44-29(42)35-15-18-7-4-9-22(32)21(18)17-35;4-7(5,6)3-1-2-3/h4-5,7-9,21-23,26-27H,6,10-19H2,1-3H3,(H,36,44)(H,37,41)(H,38,43);4-5,7-9,19-20,23-24H,6,10-17H2,1-3H3,(H,33,41)(H,34,37)(H,39,40);3H,1-2H2,(H2,4,5,6)/b2*8-5-;/t21-,22-,26+,27+,34-;19-,20-,23+,24+,31-;/m11./s1. The summed E-state index contributed by atoms with van der Waals surface area (Å²) >= 11 is 12.7. The topological polar surface area (TPSA) is 414 Å². The molecule has 12 rings (SSSR count). The highest BCUT2D eigenvalue weighted by Gasteiger charge is 2.63. The van der Waals surface area contributed by atoms with Gasteiger partial charge >= 0.3 is 30.3 Å². The fraction of sp³-hybridized carbons (Fsp3) is 0.618. The smallest absolute Gasteiger partial charge is 0.410 e. The highest BCUT2D eigenvalue weighted by Crippen LogP contribution is 2.47. The number of carbonyl (C=O) groups excluding carboxylic acids is 9. The normalized spacial score (nSPS) is 28.6. The van der Waals surface area contributed by atoms with Crippen LogP contribution in [0.5, 0.6) is 0 Å². The summed E-state index contributed by atoms with van der Waals surface area (Å²) in [6.45, 7) is 11.8. The van der Waals surface area contributed by atoms with Crippen molar-refractivity contribution < 1.29 is 98.3 Å². The van der Waals surface area contributed by atoms with Crippen LogP contribution in [0.4, 0.5) is 19.2 Å². The Morgan fingerprint density at radius 1 is 0.612 bits per heavy atom. The third-order valence-corrected chi connectivity index (χ3v) is 22.9. The highest BCUT2D eigenvalue weighted by atomic mass is 35.5. The van der Waals surface area contributed by atoms with Crippen LogP contribution >= 0.6 is 23.2 Å². The maximum Gasteiger partial charge on any atom is 0.410 e. The van der Waals surface area contributed by atoms with Gasteiger partial charge in [-0.15, -0.1) is 0 Å². The van der Waals surface area contributed by atoms with E-state index < -0.39 is 156 Å². The van der Waals surface area contributed by atoms with Crippen molar-refractivity contribution in [1.29, 1.82) is 0 Å². The van der Waals surface area contributed by atoms with Gasteiger partial charge in [-0.25, -0.2) is 45.9 Å². The van der Waals surface area contributed by atoms with E-state index >= 15 is 0 Å². The lowest BCUT2D eigenvalue weighted by molar-refractivity contribution is -0.145. The number of primary sulfonamides is 1. The zero-order chi connectivity index (χ0) is 74.7. The molecule has 564 valence electrons. The Morgan fingerprint density at radius 2 is 1.03 bits per heavy atom. The van der Waals surface area contributed by atoms with Crippen LogP contribution in [0.2, 0.25) is 10.0 Å². The molecule has 4 aliphatic carbocycles. The van der Waals surface area contributed by atoms with Crippen LogP contribution in [0.1, 0.15) is 141 Å². The van der Waals surface area contributed by atoms with Gasteiger partial charge in [-0.05, 0) is 140 Å². The zero-order valence-corrected chi connectivity index (χ0v) is 61.3. The van der Waals surface area contributed by atoms with Crippen molar-refractivity contribution in [2.75, 3.05) is 39.5 Å². The molecule has 0 radical (unpaired) electrons. The number of halogens is 2. The minimum atomic E-state index is -3.93. The van der Waals surface area contributed by atoms with Crippen LogP contribution in [0.15, 0.2) is 60.7 Å². The molecule has 6 aliphatic heterocycles. The molecular weight excluding hydrogens is 1430 g/mol. The van der Waals surface area contributed by atoms with E-state index in [-0.39, 0.29) is 103 Å². The molecule has 0 unspecified atom stereocenters. The molecule has 9 amide bonds. The Morgan fingerprint density at radius 3 is 1.42 bits per heavy atom. The maximum atomic E-state index is 14.3. The van der Waals surface area contributed by atoms with Crippen molar-refractivity contribution in [3.63, 3.8) is 0 Å². The summed E-state index contributed by atoms with van der Waals surface area (Å²) < 4.78 is 81.7. The van der Waals surface area contributed by atoms with E-state index in [4.69, 9.17) is 56.8 Å². The molecule has 10 aliphatic rings. The lowest BCUT2D eigenvalue weighted by Gasteiger charge is -2.30. The van der Waals surface area contributed by atoms with Gasteiger partial charge in [-0.3, -0.25) is 38.5 Å². The molecule has 35 heteroatoms. The maximum absolute atomic E-state index is 14.3. The first-order valence-corrected chi connectivity index (χ1v) is 38.3. The molecule has 2 saturated heterocycles. The highest BCUT2D eigenvalue weighted by molar-refractivity contribution is 7.91. The van der Waals surface area contributed by atoms with Gasteiger partial charge in [0.1, 0.15) is 58.7 Å². The summed E-state index contributed by atoms with van der Waals surface area (Å²) in [6.07, 6.45) is 5.81. The van der Waals surface area contributed by atoms with Crippen molar-refractivity contribution in [3.8, 4) is 0 Å². The van der Waals surface area contributed by atoms with E-state index in [0.717, 1.165) is 35.1 Å². The average Bonchev–Trinajstić information content (AvgIpc) is 1.58. The van der Waals surface area contributed by atoms with Crippen molar-refractivity contribution >= 4 is 103 Å². The number of carbonyl (C=O) groups is 10. The van der Waals surface area contributed by atoms with Crippen LogP contribution in [0.3, 0.4) is 0 Å². The van der Waals surface area contributed by atoms with Crippen molar-refractivity contribution in [3.05, 3.63) is 93.0 Å². The van der Waals surface area contributed by atoms with Gasteiger partial charge in [0.15, 0.2) is 0 Å². The lowest BCUT2D eigenvalue weighted by atomic mass is 10.1. The third kappa shape index (κ3) is 19.8. The average molecular weight is 1520 g/mol. The van der Waals surface area contributed by atoms with E-state index in [1.165, 1.54) is 19.6 Å². The van der Waals surface area contributed by atoms with Crippen molar-refractivity contribution in [1.82, 2.24) is 45.6 Å². The second-order valence-electron chi connectivity index (χ2n) is 29.5. The van der Waals surface area contributed by atoms with Crippen LogP contribution in [-0.4, -0.2) is 210 Å². The van der Waals surface area contributed by atoms with Gasteiger partial charge in [0.2, 0.25) is 43.7 Å². The minimum Gasteiger partial charge on any atom is -0.479 e. The molecule has 103 heavy (non-hydrogen) atoms. The number of amides is 9. The minimum absolute atomic E-state index is 0.0523. The number of nitrogens with two attached hydrogens (primary N) is 1. The molecule has 10 atom stereocenters. The molecule has 2 aromatic rings. The first-order valence-electron chi connectivity index (χ1n) is 34.4. The summed E-state index contributed by atoms with van der Waals surface area (Å²) in [5.74, 6) is -5.63. The molecule has 0 bridgehead atoms. The van der Waals surface area contributed by atoms with E-state index in [2.05, 4.69) is 26.0 Å². The zero-order valence-electron chi connectivity index (χ0n) is 58.2. The predicted octanol–water partition coefficient (Wildman–Crippen LogP) is 4.92. The number of nitrogens with one attached hydrogen (secondary N) is 5. The number of hydrogen-bond donors (Lipinski definition) is 7. The molecule has 2 aromatic carbocycles. The summed E-state index contributed by atoms with van der Waals surface area (Å²) in [4.78, 5) is 140. The van der Waals surface area contributed by atoms with E-state index in [1.807, 2.05) is 12.1 Å². The first-order chi connectivity index (χ1) is 48.4. The third-order valence-electron chi connectivity index (χ3n) is 19.0. The second-order valence-corrected chi connectivity index (χ2v) is 34.1. The van der Waals surface area contributed by atoms with Crippen LogP contribution in [0, 0.1) is 11.8 Å². The molecule has 6 heterocycles. The van der Waals surface area contributed by atoms with Crippen molar-refractivity contribution in [2.45, 2.75) is 214 Å². The Bertz CT molecular complexity index is 3940. The molecular formula is C68H90Cl2N10O21S2. The van der Waals surface area contributed by atoms with Gasteiger partial charge in [0, 0.05) is 61.0 Å². The Balaban J connectivity index is 0.000000203. The van der Waals surface area contributed by atoms with Crippen LogP contribution in [0.25, 0.3) is 0 Å². The van der Waals surface area contributed by atoms with E-state index in [0.29, 0.717) is 42.3 Å². The summed E-state index contributed by atoms with van der Waals surface area (Å²) in [7, 11) is -7.06. The molecule has 4 saturated carbocycles. The number of nitrogens with zero attached hydrogens (tertiary/aromatic N) is 4. The number of carboxylic acids is 1. The summed E-state index contributed by atoms with van der Waals surface area (Å²) in [5, 5.41) is 25.6. The quantitative estimate of drug-likeness (QED) is 0.129. The fourth-order valence-corrected chi connectivity index (χ4v) is 15.8. The second kappa shape index (κ2) is 31.5. The van der Waals surface area contributed by atoms with Gasteiger partial charge in [-0.1, -0.05) is 71.8 Å². The lowest BCUT2D eigenvalue weighted by Crippen LogP contribution is -2.58. The summed E-state index contributed by atoms with van der Waals surface area (Å²) in [5.41, 5.74) is -1.35. The predicted molar refractivity (Wildman–Crippen MR) is 369 cm³/mol. The molecule has 0 spiro atoms. The fourth-order valence-electron chi connectivity index (χ4n) is 13.2. The van der Waals surface area contributed by atoms with Gasteiger partial charge in [-0.2, -0.15) is 0 Å². The first kappa shape index (κ1) is 77.8. The molecule has 8 N–H and O–H groups in total. The van der Waals surface area contributed by atoms with Crippen LogP contribution < -0.4 is 31.1 Å². The monoisotopic (exact) mass is 1520 g/mol. The number of aliphatic carboxylic acids is 1. The van der Waals surface area contributed by atoms with Gasteiger partial charge in [0.25, 0.3) is 5.91 Å². The van der Waals surface area contributed by atoms with E-state index in [1.54, 1.807) is 90.1 Å².